The molecule has 0 atom stereocenters. The maximum absolute atomic E-state index is 11.8. The number of hydrogen-bond acceptors (Lipinski definition) is 4. The minimum absolute atomic E-state index is 0.274. The van der Waals surface area contributed by atoms with Gasteiger partial charge >= 0.3 is 0 Å². The average molecular weight is 346 g/mol. The Kier molecular flexibility index (Phi) is 3.38. The zero-order valence-electron chi connectivity index (χ0n) is 11.0. The Labute approximate surface area is 120 Å². The Balaban J connectivity index is 2.55. The van der Waals surface area contributed by atoms with Crippen molar-refractivity contribution in [3.05, 3.63) is 22.7 Å². The van der Waals surface area contributed by atoms with Crippen molar-refractivity contribution in [3.8, 4) is 0 Å². The van der Waals surface area contributed by atoms with Crippen molar-refractivity contribution < 1.29 is 8.42 Å². The second kappa shape index (κ2) is 4.49. The zero-order chi connectivity index (χ0) is 14.4. The van der Waals surface area contributed by atoms with E-state index in [1.807, 2.05) is 18.2 Å². The quantitative estimate of drug-likeness (QED) is 0.924. The van der Waals surface area contributed by atoms with Crippen molar-refractivity contribution in [2.45, 2.75) is 25.1 Å². The fourth-order valence-electron chi connectivity index (χ4n) is 1.79. The number of halogens is 1. The van der Waals surface area contributed by atoms with Crippen molar-refractivity contribution in [2.24, 2.45) is 0 Å². The van der Waals surface area contributed by atoms with Crippen molar-refractivity contribution in [3.63, 3.8) is 0 Å². The highest BCUT2D eigenvalue weighted by Crippen LogP contribution is 2.26. The van der Waals surface area contributed by atoms with Crippen LogP contribution in [0.15, 0.2) is 22.7 Å². The predicted octanol–water partition coefficient (Wildman–Crippen LogP) is 2.20. The number of aromatic nitrogens is 2. The van der Waals surface area contributed by atoms with E-state index in [1.54, 1.807) is 18.4 Å². The van der Waals surface area contributed by atoms with Gasteiger partial charge in [-0.05, 0) is 32.0 Å². The molecular weight excluding hydrogens is 330 g/mol. The number of nitrogen functional groups attached to an aromatic ring is 1. The molecule has 0 saturated heterocycles. The van der Waals surface area contributed by atoms with Gasteiger partial charge < -0.3 is 10.3 Å². The molecule has 0 spiro atoms. The Morgan fingerprint density at radius 3 is 2.63 bits per heavy atom. The standard InChI is InChI=1S/C12H16BrN3O2S/c1-12(2,19(3,17)18)7-16-10-5-4-8(13)6-9(10)15-11(16)14/h4-6H,7H2,1-3H3,(H2,14,15). The topological polar surface area (TPSA) is 78.0 Å². The van der Waals surface area contributed by atoms with Gasteiger partial charge in [0.2, 0.25) is 5.95 Å². The van der Waals surface area contributed by atoms with Crippen LogP contribution in [0.2, 0.25) is 0 Å². The molecule has 7 heteroatoms. The van der Waals surface area contributed by atoms with Crippen molar-refractivity contribution in [2.75, 3.05) is 12.0 Å². The molecule has 2 N–H and O–H groups in total. The van der Waals surface area contributed by atoms with Gasteiger partial charge in [-0.1, -0.05) is 15.9 Å². The second-order valence-corrected chi connectivity index (χ2v) is 8.79. The van der Waals surface area contributed by atoms with E-state index in [0.717, 1.165) is 15.5 Å². The van der Waals surface area contributed by atoms with Gasteiger partial charge in [-0.2, -0.15) is 0 Å². The van der Waals surface area contributed by atoms with Gasteiger partial charge in [0, 0.05) is 17.3 Å². The maximum Gasteiger partial charge on any atom is 0.201 e. The van der Waals surface area contributed by atoms with Crippen LogP contribution in [-0.4, -0.2) is 29.0 Å². The molecule has 104 valence electrons. The molecule has 0 saturated carbocycles. The van der Waals surface area contributed by atoms with Crippen LogP contribution in [0.3, 0.4) is 0 Å². The normalized spacial score (nSPS) is 13.1. The molecule has 2 aromatic rings. The summed E-state index contributed by atoms with van der Waals surface area (Å²) in [6.45, 7) is 3.65. The Morgan fingerprint density at radius 1 is 1.42 bits per heavy atom. The molecule has 1 heterocycles. The molecule has 5 nitrogen and oxygen atoms in total. The van der Waals surface area contributed by atoms with Crippen molar-refractivity contribution >= 4 is 42.7 Å². The molecule has 0 aliphatic heterocycles. The van der Waals surface area contributed by atoms with Crippen molar-refractivity contribution in [1.82, 2.24) is 9.55 Å². The number of rotatable bonds is 3. The van der Waals surface area contributed by atoms with Crippen LogP contribution < -0.4 is 5.73 Å². The number of fused-ring (bicyclic) bond motifs is 1. The summed E-state index contributed by atoms with van der Waals surface area (Å²) in [5.41, 5.74) is 7.47. The van der Waals surface area contributed by atoms with E-state index in [4.69, 9.17) is 5.73 Å². The fraction of sp³-hybridized carbons (Fsp3) is 0.417. The van der Waals surface area contributed by atoms with Crippen LogP contribution in [0.1, 0.15) is 13.8 Å². The monoisotopic (exact) mass is 345 g/mol. The van der Waals surface area contributed by atoms with E-state index in [0.29, 0.717) is 5.95 Å². The molecule has 0 fully saturated rings. The van der Waals surface area contributed by atoms with Gasteiger partial charge in [0.05, 0.1) is 15.8 Å². The number of hydrogen-bond donors (Lipinski definition) is 1. The summed E-state index contributed by atoms with van der Waals surface area (Å²) >= 11 is 3.37. The first-order valence-corrected chi connectivity index (χ1v) is 8.41. The first kappa shape index (κ1) is 14.3. The first-order chi connectivity index (χ1) is 8.62. The lowest BCUT2D eigenvalue weighted by atomic mass is 10.2. The molecule has 0 unspecified atom stereocenters. The molecule has 0 radical (unpaired) electrons. The number of anilines is 1. The van der Waals surface area contributed by atoms with Crippen LogP contribution >= 0.6 is 15.9 Å². The third-order valence-corrected chi connectivity index (χ3v) is 5.91. The van der Waals surface area contributed by atoms with Crippen LogP contribution in [0.5, 0.6) is 0 Å². The van der Waals surface area contributed by atoms with Crippen LogP contribution in [0.25, 0.3) is 11.0 Å². The van der Waals surface area contributed by atoms with E-state index in [-0.39, 0.29) is 6.54 Å². The van der Waals surface area contributed by atoms with Gasteiger partial charge in [-0.25, -0.2) is 13.4 Å². The van der Waals surface area contributed by atoms with Crippen LogP contribution in [0.4, 0.5) is 5.95 Å². The fourth-order valence-corrected chi connectivity index (χ4v) is 2.50. The van der Waals surface area contributed by atoms with E-state index in [9.17, 15) is 8.42 Å². The summed E-state index contributed by atoms with van der Waals surface area (Å²) in [7, 11) is -3.19. The van der Waals surface area contributed by atoms with Gasteiger partial charge in [0.25, 0.3) is 0 Å². The summed E-state index contributed by atoms with van der Waals surface area (Å²) in [6.07, 6.45) is 1.24. The van der Waals surface area contributed by atoms with Crippen molar-refractivity contribution in [1.29, 1.82) is 0 Å². The van der Waals surface area contributed by atoms with Gasteiger partial charge in [0.1, 0.15) is 0 Å². The molecule has 0 amide bonds. The number of nitrogens with zero attached hydrogens (tertiary/aromatic N) is 2. The van der Waals surface area contributed by atoms with Crippen LogP contribution in [-0.2, 0) is 16.4 Å². The summed E-state index contributed by atoms with van der Waals surface area (Å²) in [6, 6.07) is 5.62. The molecule has 1 aromatic heterocycles. The van der Waals surface area contributed by atoms with E-state index in [2.05, 4.69) is 20.9 Å². The Morgan fingerprint density at radius 2 is 2.05 bits per heavy atom. The number of sulfone groups is 1. The van der Waals surface area contributed by atoms with Gasteiger partial charge in [-0.15, -0.1) is 0 Å². The molecule has 2 rings (SSSR count). The first-order valence-electron chi connectivity index (χ1n) is 5.73. The summed E-state index contributed by atoms with van der Waals surface area (Å²) in [5.74, 6) is 0.324. The lowest BCUT2D eigenvalue weighted by Crippen LogP contribution is -2.36. The van der Waals surface area contributed by atoms with E-state index < -0.39 is 14.6 Å². The highest BCUT2D eigenvalue weighted by molar-refractivity contribution is 9.10. The summed E-state index contributed by atoms with van der Waals surface area (Å²) in [4.78, 5) is 4.26. The third kappa shape index (κ3) is 2.62. The largest absolute Gasteiger partial charge is 0.369 e. The lowest BCUT2D eigenvalue weighted by molar-refractivity contribution is 0.511. The SMILES string of the molecule is CC(C)(Cn1c(N)nc2cc(Br)ccc21)S(C)(=O)=O. The molecule has 0 aliphatic rings. The van der Waals surface area contributed by atoms with Gasteiger partial charge in [0.15, 0.2) is 9.84 Å². The summed E-state index contributed by atoms with van der Waals surface area (Å²) in [5, 5.41) is 0. The average Bonchev–Trinajstić information content (AvgIpc) is 2.52. The minimum atomic E-state index is -3.19. The minimum Gasteiger partial charge on any atom is -0.369 e. The molecule has 0 bridgehead atoms. The molecule has 19 heavy (non-hydrogen) atoms. The number of benzene rings is 1. The summed E-state index contributed by atoms with van der Waals surface area (Å²) < 4.78 is 25.3. The van der Waals surface area contributed by atoms with E-state index >= 15 is 0 Å². The maximum atomic E-state index is 11.8. The van der Waals surface area contributed by atoms with Gasteiger partial charge in [-0.3, -0.25) is 0 Å². The molecule has 1 aromatic carbocycles. The Hall–Kier alpha value is -1.08. The van der Waals surface area contributed by atoms with E-state index in [1.165, 1.54) is 6.26 Å². The van der Waals surface area contributed by atoms with Crippen LogP contribution in [0, 0.1) is 0 Å². The molecule has 0 aliphatic carbocycles. The zero-order valence-corrected chi connectivity index (χ0v) is 13.4. The third-order valence-electron chi connectivity index (χ3n) is 3.28. The second-order valence-electron chi connectivity index (χ2n) is 5.22. The highest BCUT2D eigenvalue weighted by Gasteiger charge is 2.31. The highest BCUT2D eigenvalue weighted by atomic mass is 79.9. The lowest BCUT2D eigenvalue weighted by Gasteiger charge is -2.23. The number of imidazole rings is 1. The smallest absolute Gasteiger partial charge is 0.201 e. The molecular formula is C12H16BrN3O2S. The Bertz CT molecular complexity index is 735. The predicted molar refractivity (Wildman–Crippen MR) is 80.8 cm³/mol. The number of nitrogens with two attached hydrogens (primary N) is 1.